The van der Waals surface area contributed by atoms with Gasteiger partial charge in [-0.3, -0.25) is 9.59 Å². The van der Waals surface area contributed by atoms with E-state index in [1.165, 1.54) is 0 Å². The summed E-state index contributed by atoms with van der Waals surface area (Å²) in [6.07, 6.45) is 1.58. The molecule has 146 valence electrons. The molecule has 0 saturated heterocycles. The molecule has 0 fully saturated rings. The highest BCUT2D eigenvalue weighted by molar-refractivity contribution is 6.36. The van der Waals surface area contributed by atoms with Crippen LogP contribution in [0.4, 0.5) is 5.69 Å². The third-order valence-electron chi connectivity index (χ3n) is 4.45. The molecule has 1 aliphatic heterocycles. The lowest BCUT2D eigenvalue weighted by Crippen LogP contribution is -2.09. The second-order valence-electron chi connectivity index (χ2n) is 6.33. The van der Waals surface area contributed by atoms with Gasteiger partial charge in [0, 0.05) is 34.1 Å². The molecule has 0 aliphatic carbocycles. The number of H-pyrrole nitrogens is 1. The topological polar surface area (TPSA) is 108 Å². The van der Waals surface area contributed by atoms with Crippen molar-refractivity contribution in [1.82, 2.24) is 4.98 Å². The minimum absolute atomic E-state index is 0.122. The van der Waals surface area contributed by atoms with Gasteiger partial charge in [-0.1, -0.05) is 11.6 Å². The standard InChI is InChI=1S/C20H19ClN2O5/c1-3-28-20(27)18-10(2)22-16(12(18)5-7-17(24)25)9-14-13-8-11(21)4-6-15(13)23-19(14)26/h4,6,8-9,22H,3,5,7H2,1-2H3,(H,23,26)(H,24,25). The van der Waals surface area contributed by atoms with Crippen LogP contribution in [0.25, 0.3) is 11.6 Å². The number of fused-ring (bicyclic) bond motifs is 1. The molecular weight excluding hydrogens is 384 g/mol. The summed E-state index contributed by atoms with van der Waals surface area (Å²) in [5.41, 5.74) is 3.53. The fourth-order valence-corrected chi connectivity index (χ4v) is 3.42. The Bertz CT molecular complexity index is 1010. The highest BCUT2D eigenvalue weighted by Gasteiger charge is 2.27. The zero-order valence-corrected chi connectivity index (χ0v) is 16.1. The van der Waals surface area contributed by atoms with Gasteiger partial charge in [0.1, 0.15) is 0 Å². The number of carboxylic acids is 1. The number of anilines is 1. The number of nitrogens with one attached hydrogen (secondary N) is 2. The number of aromatic amines is 1. The second kappa shape index (κ2) is 7.90. The number of aromatic nitrogens is 1. The summed E-state index contributed by atoms with van der Waals surface area (Å²) in [7, 11) is 0. The van der Waals surface area contributed by atoms with Gasteiger partial charge in [-0.2, -0.15) is 0 Å². The number of hydrogen-bond acceptors (Lipinski definition) is 4. The van der Waals surface area contributed by atoms with Gasteiger partial charge in [0.2, 0.25) is 0 Å². The Kier molecular flexibility index (Phi) is 5.56. The van der Waals surface area contributed by atoms with E-state index in [0.717, 1.165) is 0 Å². The number of esters is 1. The SMILES string of the molecule is CCOC(=O)c1c(C)[nH]c(C=C2C(=O)Nc3ccc(Cl)cc32)c1CCC(=O)O. The molecule has 7 nitrogen and oxygen atoms in total. The van der Waals surface area contributed by atoms with E-state index in [1.54, 1.807) is 38.1 Å². The Labute approximate surface area is 166 Å². The highest BCUT2D eigenvalue weighted by atomic mass is 35.5. The minimum Gasteiger partial charge on any atom is -0.481 e. The Hall–Kier alpha value is -3.06. The van der Waals surface area contributed by atoms with Crippen LogP contribution in [0, 0.1) is 6.92 Å². The smallest absolute Gasteiger partial charge is 0.340 e. The Balaban J connectivity index is 2.12. The number of rotatable bonds is 6. The van der Waals surface area contributed by atoms with Crippen molar-refractivity contribution in [2.45, 2.75) is 26.7 Å². The van der Waals surface area contributed by atoms with Crippen LogP contribution in [0.5, 0.6) is 0 Å². The van der Waals surface area contributed by atoms with Crippen LogP contribution < -0.4 is 5.32 Å². The number of aryl methyl sites for hydroxylation is 1. The van der Waals surface area contributed by atoms with Gasteiger partial charge in [-0.15, -0.1) is 0 Å². The number of amides is 1. The summed E-state index contributed by atoms with van der Waals surface area (Å²) in [6, 6.07) is 5.07. The highest BCUT2D eigenvalue weighted by Crippen LogP contribution is 2.36. The summed E-state index contributed by atoms with van der Waals surface area (Å²) in [5.74, 6) is -1.81. The van der Waals surface area contributed by atoms with Gasteiger partial charge < -0.3 is 20.1 Å². The monoisotopic (exact) mass is 402 g/mol. The van der Waals surface area contributed by atoms with Crippen LogP contribution >= 0.6 is 11.6 Å². The predicted octanol–water partition coefficient (Wildman–Crippen LogP) is 3.66. The first-order valence-corrected chi connectivity index (χ1v) is 9.13. The fourth-order valence-electron chi connectivity index (χ4n) is 3.24. The summed E-state index contributed by atoms with van der Waals surface area (Å²) >= 11 is 6.06. The molecule has 3 N–H and O–H groups in total. The van der Waals surface area contributed by atoms with Crippen molar-refractivity contribution in [3.63, 3.8) is 0 Å². The lowest BCUT2D eigenvalue weighted by atomic mass is 10.0. The predicted molar refractivity (Wildman–Crippen MR) is 105 cm³/mol. The number of hydrogen-bond donors (Lipinski definition) is 3. The van der Waals surface area contributed by atoms with E-state index >= 15 is 0 Å². The minimum atomic E-state index is -0.983. The first-order valence-electron chi connectivity index (χ1n) is 8.75. The number of aliphatic carboxylic acids is 1. The zero-order chi connectivity index (χ0) is 20.4. The van der Waals surface area contributed by atoms with Crippen LogP contribution in [0.15, 0.2) is 18.2 Å². The van der Waals surface area contributed by atoms with Crippen molar-refractivity contribution < 1.29 is 24.2 Å². The number of carboxylic acid groups (broad SMARTS) is 1. The number of benzene rings is 1. The lowest BCUT2D eigenvalue weighted by molar-refractivity contribution is -0.137. The fraction of sp³-hybridized carbons (Fsp3) is 0.250. The number of halogens is 1. The molecule has 1 aliphatic rings. The Morgan fingerprint density at radius 3 is 2.75 bits per heavy atom. The third-order valence-corrected chi connectivity index (χ3v) is 4.68. The molecule has 0 radical (unpaired) electrons. The van der Waals surface area contributed by atoms with Gasteiger partial charge in [0.15, 0.2) is 0 Å². The number of ether oxygens (including phenoxy) is 1. The molecule has 28 heavy (non-hydrogen) atoms. The van der Waals surface area contributed by atoms with Crippen LogP contribution in [-0.4, -0.2) is 34.5 Å². The number of carbonyl (C=O) groups is 3. The molecule has 3 rings (SSSR count). The second-order valence-corrected chi connectivity index (χ2v) is 6.77. The first-order chi connectivity index (χ1) is 13.3. The lowest BCUT2D eigenvalue weighted by Gasteiger charge is -2.06. The van der Waals surface area contributed by atoms with E-state index in [2.05, 4.69) is 10.3 Å². The van der Waals surface area contributed by atoms with Crippen molar-refractivity contribution in [2.24, 2.45) is 0 Å². The molecule has 0 saturated carbocycles. The van der Waals surface area contributed by atoms with E-state index in [1.807, 2.05) is 0 Å². The zero-order valence-electron chi connectivity index (χ0n) is 15.4. The van der Waals surface area contributed by atoms with Gasteiger partial charge >= 0.3 is 11.9 Å². The van der Waals surface area contributed by atoms with E-state index in [4.69, 9.17) is 21.4 Å². The molecule has 8 heteroatoms. The molecule has 2 aromatic rings. The van der Waals surface area contributed by atoms with Crippen LogP contribution in [0.3, 0.4) is 0 Å². The maximum absolute atomic E-state index is 12.4. The van der Waals surface area contributed by atoms with Crippen molar-refractivity contribution in [3.8, 4) is 0 Å². The van der Waals surface area contributed by atoms with Gasteiger partial charge in [0.25, 0.3) is 5.91 Å². The molecule has 1 aromatic carbocycles. The number of carbonyl (C=O) groups excluding carboxylic acids is 2. The molecule has 0 spiro atoms. The normalized spacial score (nSPS) is 14.1. The average molecular weight is 403 g/mol. The Morgan fingerprint density at radius 1 is 1.32 bits per heavy atom. The van der Waals surface area contributed by atoms with E-state index in [9.17, 15) is 14.4 Å². The largest absolute Gasteiger partial charge is 0.481 e. The van der Waals surface area contributed by atoms with Gasteiger partial charge in [-0.25, -0.2) is 4.79 Å². The maximum Gasteiger partial charge on any atom is 0.340 e. The van der Waals surface area contributed by atoms with Crippen molar-refractivity contribution in [2.75, 3.05) is 11.9 Å². The van der Waals surface area contributed by atoms with Gasteiger partial charge in [0.05, 0.1) is 17.7 Å². The van der Waals surface area contributed by atoms with Gasteiger partial charge in [-0.05, 0) is 50.1 Å². The van der Waals surface area contributed by atoms with Crippen LogP contribution in [0.2, 0.25) is 5.02 Å². The summed E-state index contributed by atoms with van der Waals surface area (Å²) < 4.78 is 5.11. The summed E-state index contributed by atoms with van der Waals surface area (Å²) in [6.45, 7) is 3.60. The summed E-state index contributed by atoms with van der Waals surface area (Å²) in [5, 5.41) is 12.3. The van der Waals surface area contributed by atoms with E-state index in [0.29, 0.717) is 44.4 Å². The van der Waals surface area contributed by atoms with E-state index in [-0.39, 0.29) is 25.4 Å². The molecular formula is C20H19ClN2O5. The van der Waals surface area contributed by atoms with E-state index < -0.39 is 11.9 Å². The molecule has 1 aromatic heterocycles. The molecule has 0 unspecified atom stereocenters. The average Bonchev–Trinajstić information content (AvgIpc) is 3.10. The summed E-state index contributed by atoms with van der Waals surface area (Å²) in [4.78, 5) is 39.0. The van der Waals surface area contributed by atoms with Crippen LogP contribution in [0.1, 0.15) is 46.2 Å². The molecule has 1 amide bonds. The van der Waals surface area contributed by atoms with Crippen LogP contribution in [-0.2, 0) is 20.7 Å². The quantitative estimate of drug-likeness (QED) is 0.504. The molecule has 2 heterocycles. The Morgan fingerprint density at radius 2 is 2.07 bits per heavy atom. The van der Waals surface area contributed by atoms with Crippen molar-refractivity contribution >= 4 is 46.8 Å². The van der Waals surface area contributed by atoms with Crippen molar-refractivity contribution in [1.29, 1.82) is 0 Å². The molecule has 0 bridgehead atoms. The third kappa shape index (κ3) is 3.80. The first kappa shape index (κ1) is 19.7. The molecule has 0 atom stereocenters. The van der Waals surface area contributed by atoms with Crippen molar-refractivity contribution in [3.05, 3.63) is 51.3 Å². The maximum atomic E-state index is 12.4.